The van der Waals surface area contributed by atoms with Gasteiger partial charge < -0.3 is 4.57 Å². The molecule has 0 aliphatic rings. The molecule has 4 aromatic rings. The lowest BCUT2D eigenvalue weighted by molar-refractivity contribution is 0.790. The molecule has 0 saturated carbocycles. The van der Waals surface area contributed by atoms with Crippen LogP contribution in [-0.4, -0.2) is 25.5 Å². The first-order chi connectivity index (χ1) is 12.7. The Bertz CT molecular complexity index is 1150. The summed E-state index contributed by atoms with van der Waals surface area (Å²) in [5.74, 6) is 0.597. The summed E-state index contributed by atoms with van der Waals surface area (Å²) in [5.41, 5.74) is 3.90. The van der Waals surface area contributed by atoms with E-state index in [-0.39, 0.29) is 5.56 Å². The maximum atomic E-state index is 12.8. The van der Waals surface area contributed by atoms with Crippen molar-refractivity contribution < 1.29 is 0 Å². The summed E-state index contributed by atoms with van der Waals surface area (Å²) < 4.78 is 3.56. The van der Waals surface area contributed by atoms with E-state index < -0.39 is 0 Å². The Hall–Kier alpha value is -3.41. The van der Waals surface area contributed by atoms with Crippen LogP contribution in [0.3, 0.4) is 0 Å². The molecule has 0 atom stereocenters. The number of aromatic amines is 1. The van der Waals surface area contributed by atoms with Gasteiger partial charge >= 0.3 is 0 Å². The van der Waals surface area contributed by atoms with E-state index in [0.717, 1.165) is 29.0 Å². The van der Waals surface area contributed by atoms with Gasteiger partial charge in [-0.15, -0.1) is 0 Å². The van der Waals surface area contributed by atoms with E-state index in [0.29, 0.717) is 11.5 Å². The Morgan fingerprint density at radius 3 is 2.62 bits per heavy atom. The number of para-hydroxylation sites is 3. The van der Waals surface area contributed by atoms with E-state index >= 15 is 0 Å². The Kier molecular flexibility index (Phi) is 4.01. The van der Waals surface area contributed by atoms with E-state index in [1.807, 2.05) is 66.1 Å². The normalized spacial score (nSPS) is 11.6. The highest BCUT2D eigenvalue weighted by Crippen LogP contribution is 2.21. The number of nitrogens with zero attached hydrogens (tertiary/aromatic N) is 4. The second-order valence-electron chi connectivity index (χ2n) is 6.03. The molecule has 2 aromatic carbocycles. The topological polar surface area (TPSA) is 68.0 Å². The molecule has 0 aliphatic carbocycles. The molecule has 0 fully saturated rings. The van der Waals surface area contributed by atoms with Gasteiger partial charge in [0.15, 0.2) is 0 Å². The van der Waals surface area contributed by atoms with Crippen molar-refractivity contribution in [2.45, 2.75) is 20.4 Å². The van der Waals surface area contributed by atoms with E-state index in [4.69, 9.17) is 0 Å². The third kappa shape index (κ3) is 2.65. The average molecular weight is 345 g/mol. The van der Waals surface area contributed by atoms with E-state index in [9.17, 15) is 4.79 Å². The lowest BCUT2D eigenvalue weighted by atomic mass is 10.3. The predicted octanol–water partition coefficient (Wildman–Crippen LogP) is 3.59. The lowest BCUT2D eigenvalue weighted by Gasteiger charge is -2.00. The first kappa shape index (κ1) is 16.1. The van der Waals surface area contributed by atoms with Gasteiger partial charge in [0.05, 0.1) is 22.3 Å². The SMILES string of the molecule is CCn1c(/N=C/c2c(C)[nH]n(-c3ccccc3)c2=O)nc2ccccc21. The zero-order valence-corrected chi connectivity index (χ0v) is 14.7. The number of nitrogens with one attached hydrogen (secondary N) is 1. The largest absolute Gasteiger partial charge is 0.309 e. The van der Waals surface area contributed by atoms with Crippen molar-refractivity contribution in [2.75, 3.05) is 0 Å². The second kappa shape index (κ2) is 6.48. The third-order valence-corrected chi connectivity index (χ3v) is 4.39. The van der Waals surface area contributed by atoms with Gasteiger partial charge in [0.2, 0.25) is 5.95 Å². The van der Waals surface area contributed by atoms with Crippen molar-refractivity contribution in [1.29, 1.82) is 0 Å². The molecule has 26 heavy (non-hydrogen) atoms. The molecule has 130 valence electrons. The molecular weight excluding hydrogens is 326 g/mol. The molecule has 0 amide bonds. The fourth-order valence-electron chi connectivity index (χ4n) is 3.07. The molecule has 2 heterocycles. The highest BCUT2D eigenvalue weighted by molar-refractivity contribution is 5.84. The van der Waals surface area contributed by atoms with Gasteiger partial charge in [-0.3, -0.25) is 9.89 Å². The van der Waals surface area contributed by atoms with E-state index in [1.54, 1.807) is 6.21 Å². The summed E-state index contributed by atoms with van der Waals surface area (Å²) in [7, 11) is 0. The summed E-state index contributed by atoms with van der Waals surface area (Å²) in [6.45, 7) is 4.68. The first-order valence-electron chi connectivity index (χ1n) is 8.55. The minimum Gasteiger partial charge on any atom is -0.309 e. The van der Waals surface area contributed by atoms with Crippen molar-refractivity contribution in [2.24, 2.45) is 4.99 Å². The number of aliphatic imine (C=N–C) groups is 1. The Balaban J connectivity index is 1.77. The molecule has 0 saturated heterocycles. The van der Waals surface area contributed by atoms with Gasteiger partial charge in [0.25, 0.3) is 5.56 Å². The van der Waals surface area contributed by atoms with Crippen molar-refractivity contribution in [3.8, 4) is 5.69 Å². The van der Waals surface area contributed by atoms with Gasteiger partial charge in [-0.05, 0) is 38.1 Å². The van der Waals surface area contributed by atoms with Crippen LogP contribution >= 0.6 is 0 Å². The molecule has 4 rings (SSSR count). The Morgan fingerprint density at radius 1 is 1.12 bits per heavy atom. The number of imidazole rings is 1. The van der Waals surface area contributed by atoms with Crippen LogP contribution in [0.4, 0.5) is 5.95 Å². The summed E-state index contributed by atoms with van der Waals surface area (Å²) in [6.07, 6.45) is 1.60. The molecular formula is C20H19N5O. The van der Waals surface area contributed by atoms with Crippen LogP contribution in [0.2, 0.25) is 0 Å². The summed E-state index contributed by atoms with van der Waals surface area (Å²) >= 11 is 0. The average Bonchev–Trinajstić information content (AvgIpc) is 3.17. The summed E-state index contributed by atoms with van der Waals surface area (Å²) in [6, 6.07) is 17.4. The second-order valence-corrected chi connectivity index (χ2v) is 6.03. The number of rotatable bonds is 4. The van der Waals surface area contributed by atoms with Gasteiger partial charge in [-0.2, -0.15) is 0 Å². The number of aromatic nitrogens is 4. The third-order valence-electron chi connectivity index (χ3n) is 4.39. The van der Waals surface area contributed by atoms with Crippen LogP contribution in [0.25, 0.3) is 16.7 Å². The number of aryl methyl sites for hydroxylation is 2. The standard InChI is InChI=1S/C20H19N5O/c1-3-24-18-12-8-7-11-17(18)22-20(24)21-13-16-14(2)23-25(19(16)26)15-9-5-4-6-10-15/h4-13,23H,3H2,1-2H3/b21-13+. The minimum atomic E-state index is -0.128. The highest BCUT2D eigenvalue weighted by Gasteiger charge is 2.12. The number of hydrogen-bond donors (Lipinski definition) is 1. The molecule has 6 heteroatoms. The number of H-pyrrole nitrogens is 1. The van der Waals surface area contributed by atoms with Crippen LogP contribution in [0.15, 0.2) is 64.4 Å². The van der Waals surface area contributed by atoms with Crippen LogP contribution in [-0.2, 0) is 6.54 Å². The monoisotopic (exact) mass is 345 g/mol. The van der Waals surface area contributed by atoms with E-state index in [2.05, 4.69) is 22.0 Å². The molecule has 1 N–H and O–H groups in total. The van der Waals surface area contributed by atoms with Crippen LogP contribution in [0.1, 0.15) is 18.2 Å². The molecule has 0 radical (unpaired) electrons. The van der Waals surface area contributed by atoms with Gasteiger partial charge in [0.1, 0.15) is 0 Å². The molecule has 0 bridgehead atoms. The van der Waals surface area contributed by atoms with Crippen LogP contribution in [0.5, 0.6) is 0 Å². The fourth-order valence-corrected chi connectivity index (χ4v) is 3.07. The van der Waals surface area contributed by atoms with Crippen molar-refractivity contribution in [3.05, 3.63) is 76.2 Å². The Morgan fingerprint density at radius 2 is 1.85 bits per heavy atom. The first-order valence-corrected chi connectivity index (χ1v) is 8.55. The van der Waals surface area contributed by atoms with Crippen LogP contribution in [0, 0.1) is 6.92 Å². The van der Waals surface area contributed by atoms with Crippen LogP contribution < -0.4 is 5.56 Å². The molecule has 2 aromatic heterocycles. The smallest absolute Gasteiger partial charge is 0.280 e. The number of fused-ring (bicyclic) bond motifs is 1. The predicted molar refractivity (Wildman–Crippen MR) is 104 cm³/mol. The quantitative estimate of drug-likeness (QED) is 0.574. The van der Waals surface area contributed by atoms with Gasteiger partial charge in [-0.1, -0.05) is 30.3 Å². The molecule has 0 unspecified atom stereocenters. The maximum Gasteiger partial charge on any atom is 0.280 e. The summed E-state index contributed by atoms with van der Waals surface area (Å²) in [5, 5.41) is 3.11. The lowest BCUT2D eigenvalue weighted by Crippen LogP contribution is -2.17. The number of hydrogen-bond acceptors (Lipinski definition) is 3. The molecule has 0 aliphatic heterocycles. The number of benzene rings is 2. The molecule has 6 nitrogen and oxygen atoms in total. The van der Waals surface area contributed by atoms with Crippen molar-refractivity contribution in [3.63, 3.8) is 0 Å². The van der Waals surface area contributed by atoms with Gasteiger partial charge in [0, 0.05) is 18.5 Å². The highest BCUT2D eigenvalue weighted by atomic mass is 16.1. The minimum absolute atomic E-state index is 0.128. The molecule has 0 spiro atoms. The van der Waals surface area contributed by atoms with Gasteiger partial charge in [-0.25, -0.2) is 14.7 Å². The zero-order chi connectivity index (χ0) is 18.1. The zero-order valence-electron chi connectivity index (χ0n) is 14.7. The Labute approximate surface area is 150 Å². The maximum absolute atomic E-state index is 12.8. The van der Waals surface area contributed by atoms with Crippen molar-refractivity contribution in [1.82, 2.24) is 19.3 Å². The van der Waals surface area contributed by atoms with E-state index in [1.165, 1.54) is 4.68 Å². The van der Waals surface area contributed by atoms with Crippen molar-refractivity contribution >= 4 is 23.2 Å². The fraction of sp³-hybridized carbons (Fsp3) is 0.150. The summed E-state index contributed by atoms with van der Waals surface area (Å²) in [4.78, 5) is 21.8.